The normalized spacial score (nSPS) is 17.2. The third kappa shape index (κ3) is 3.13. The van der Waals surface area contributed by atoms with E-state index in [0.29, 0.717) is 5.89 Å². The Labute approximate surface area is 119 Å². The zero-order valence-electron chi connectivity index (χ0n) is 10.3. The molecule has 0 amide bonds. The first-order valence-corrected chi connectivity index (χ1v) is 7.02. The highest BCUT2D eigenvalue weighted by atomic mass is 79.9. The third-order valence-electron chi connectivity index (χ3n) is 3.06. The lowest BCUT2D eigenvalue weighted by Crippen LogP contribution is -2.31. The van der Waals surface area contributed by atoms with Crippen LogP contribution in [0.5, 0.6) is 5.75 Å². The van der Waals surface area contributed by atoms with Crippen LogP contribution in [0.2, 0.25) is 0 Å². The van der Waals surface area contributed by atoms with Crippen LogP contribution in [0.25, 0.3) is 0 Å². The van der Waals surface area contributed by atoms with Gasteiger partial charge < -0.3 is 14.6 Å². The molecule has 3 rings (SSSR count). The summed E-state index contributed by atoms with van der Waals surface area (Å²) in [5, 5.41) is 6.92. The molecule has 2 aromatic rings. The summed E-state index contributed by atoms with van der Waals surface area (Å²) in [5.41, 5.74) is 1.26. The highest BCUT2D eigenvalue weighted by Gasteiger charge is 2.22. The maximum absolute atomic E-state index is 5.86. The van der Waals surface area contributed by atoms with Gasteiger partial charge in [-0.2, -0.15) is 4.98 Å². The van der Waals surface area contributed by atoms with Gasteiger partial charge in [0, 0.05) is 30.4 Å². The van der Waals surface area contributed by atoms with Crippen molar-refractivity contribution >= 4 is 15.9 Å². The number of benzene rings is 1. The van der Waals surface area contributed by atoms with Crippen molar-refractivity contribution in [3.05, 3.63) is 40.5 Å². The van der Waals surface area contributed by atoms with Gasteiger partial charge in [0.2, 0.25) is 5.89 Å². The maximum atomic E-state index is 5.86. The largest absolute Gasteiger partial charge is 0.488 e. The molecule has 6 heteroatoms. The van der Waals surface area contributed by atoms with E-state index in [1.807, 2.05) is 12.1 Å². The van der Waals surface area contributed by atoms with E-state index in [4.69, 9.17) is 9.26 Å². The second-order valence-corrected chi connectivity index (χ2v) is 5.40. The molecule has 0 spiro atoms. The number of nitrogens with zero attached hydrogens (tertiary/aromatic N) is 2. The lowest BCUT2D eigenvalue weighted by molar-refractivity contribution is 0.227. The molecule has 100 valence electrons. The summed E-state index contributed by atoms with van der Waals surface area (Å²) in [6.07, 6.45) is 3.31. The fourth-order valence-electron chi connectivity index (χ4n) is 2.17. The molecule has 1 N–H and O–H groups in total. The molecule has 1 aromatic carbocycles. The Bertz CT molecular complexity index is 545. The number of nitrogens with one attached hydrogen (secondary N) is 1. The molecule has 1 aliphatic rings. The predicted molar refractivity (Wildman–Crippen MR) is 73.1 cm³/mol. The minimum atomic E-state index is 0.201. The smallest absolute Gasteiger partial charge is 0.227 e. The first kappa shape index (κ1) is 12.6. The van der Waals surface area contributed by atoms with Crippen LogP contribution >= 0.6 is 15.9 Å². The number of ether oxygens (including phenoxy) is 1. The highest BCUT2D eigenvalue weighted by molar-refractivity contribution is 9.10. The fraction of sp³-hybridized carbons (Fsp3) is 0.385. The molecule has 0 aliphatic carbocycles. The molecular weight excluding hydrogens is 310 g/mol. The predicted octanol–water partition coefficient (Wildman–Crippen LogP) is 1.97. The minimum Gasteiger partial charge on any atom is -0.488 e. The Morgan fingerprint density at radius 3 is 3.21 bits per heavy atom. The zero-order chi connectivity index (χ0) is 13.1. The number of hydrogen-bond acceptors (Lipinski definition) is 5. The third-order valence-corrected chi connectivity index (χ3v) is 3.55. The lowest BCUT2D eigenvalue weighted by atomic mass is 10.1. The average molecular weight is 324 g/mol. The average Bonchev–Trinajstić information content (AvgIpc) is 3.02. The van der Waals surface area contributed by atoms with E-state index in [1.165, 1.54) is 11.9 Å². The van der Waals surface area contributed by atoms with Crippen LogP contribution < -0.4 is 10.1 Å². The number of aromatic nitrogens is 2. The zero-order valence-corrected chi connectivity index (χ0v) is 11.9. The molecule has 1 aromatic heterocycles. The Balaban J connectivity index is 1.43. The summed E-state index contributed by atoms with van der Waals surface area (Å²) in [4.78, 5) is 3.97. The van der Waals surface area contributed by atoms with Gasteiger partial charge in [0.15, 0.2) is 6.33 Å². The van der Waals surface area contributed by atoms with Crippen molar-refractivity contribution in [3.63, 3.8) is 0 Å². The molecule has 19 heavy (non-hydrogen) atoms. The quantitative estimate of drug-likeness (QED) is 0.852. The van der Waals surface area contributed by atoms with E-state index in [-0.39, 0.29) is 6.10 Å². The van der Waals surface area contributed by atoms with Crippen LogP contribution in [0, 0.1) is 0 Å². The van der Waals surface area contributed by atoms with Gasteiger partial charge in [-0.25, -0.2) is 0 Å². The summed E-state index contributed by atoms with van der Waals surface area (Å²) >= 11 is 3.48. The first-order chi connectivity index (χ1) is 9.31. The van der Waals surface area contributed by atoms with Crippen molar-refractivity contribution in [3.8, 4) is 5.75 Å². The van der Waals surface area contributed by atoms with Crippen molar-refractivity contribution in [2.45, 2.75) is 18.9 Å². The van der Waals surface area contributed by atoms with Gasteiger partial charge in [0.25, 0.3) is 0 Å². The van der Waals surface area contributed by atoms with Gasteiger partial charge >= 0.3 is 0 Å². The van der Waals surface area contributed by atoms with Gasteiger partial charge in [0.1, 0.15) is 11.9 Å². The van der Waals surface area contributed by atoms with Gasteiger partial charge in [0.05, 0.1) is 0 Å². The van der Waals surface area contributed by atoms with Crippen molar-refractivity contribution in [1.29, 1.82) is 0 Å². The summed E-state index contributed by atoms with van der Waals surface area (Å²) in [5.74, 6) is 1.65. The Kier molecular flexibility index (Phi) is 3.79. The molecule has 0 saturated heterocycles. The molecule has 2 heterocycles. The molecule has 0 saturated carbocycles. The summed E-state index contributed by atoms with van der Waals surface area (Å²) in [7, 11) is 0. The summed E-state index contributed by atoms with van der Waals surface area (Å²) in [6.45, 7) is 1.63. The van der Waals surface area contributed by atoms with Crippen molar-refractivity contribution in [1.82, 2.24) is 15.5 Å². The number of halogens is 1. The van der Waals surface area contributed by atoms with Gasteiger partial charge in [-0.3, -0.25) is 0 Å². The molecule has 1 unspecified atom stereocenters. The second-order valence-electron chi connectivity index (χ2n) is 4.49. The number of hydrogen-bond donors (Lipinski definition) is 1. The Hall–Kier alpha value is -1.40. The number of rotatable bonds is 5. The topological polar surface area (TPSA) is 60.2 Å². The van der Waals surface area contributed by atoms with E-state index in [9.17, 15) is 0 Å². The van der Waals surface area contributed by atoms with Crippen molar-refractivity contribution in [2.75, 3.05) is 13.1 Å². The monoisotopic (exact) mass is 323 g/mol. The lowest BCUT2D eigenvalue weighted by Gasteiger charge is -2.11. The number of fused-ring (bicyclic) bond motifs is 1. The Morgan fingerprint density at radius 1 is 1.42 bits per heavy atom. The molecular formula is C13H14BrN3O2. The minimum absolute atomic E-state index is 0.201. The van der Waals surface area contributed by atoms with Crippen molar-refractivity contribution < 1.29 is 9.26 Å². The summed E-state index contributed by atoms with van der Waals surface area (Å²) < 4.78 is 11.9. The van der Waals surface area contributed by atoms with Crippen LogP contribution in [0.4, 0.5) is 0 Å². The maximum Gasteiger partial charge on any atom is 0.227 e. The standard InChI is InChI=1S/C13H14BrN3O2/c14-10-1-2-12-9(5-10)6-11(18-12)7-15-4-3-13-16-8-17-19-13/h1-2,5,8,11,15H,3-4,6-7H2. The second kappa shape index (κ2) is 5.71. The highest BCUT2D eigenvalue weighted by Crippen LogP contribution is 2.30. The van der Waals surface area contributed by atoms with Crippen LogP contribution in [0.15, 0.2) is 33.5 Å². The fourth-order valence-corrected chi connectivity index (χ4v) is 2.58. The van der Waals surface area contributed by atoms with Crippen LogP contribution in [0.1, 0.15) is 11.5 Å². The molecule has 0 fully saturated rings. The molecule has 0 radical (unpaired) electrons. The summed E-state index contributed by atoms with van der Waals surface area (Å²) in [6, 6.07) is 6.13. The van der Waals surface area contributed by atoms with E-state index in [1.54, 1.807) is 0 Å². The SMILES string of the molecule is Brc1ccc2c(c1)CC(CNCCc1ncno1)O2. The first-order valence-electron chi connectivity index (χ1n) is 6.22. The van der Waals surface area contributed by atoms with E-state index in [2.05, 4.69) is 37.5 Å². The van der Waals surface area contributed by atoms with E-state index < -0.39 is 0 Å². The molecule has 1 atom stereocenters. The van der Waals surface area contributed by atoms with E-state index >= 15 is 0 Å². The van der Waals surface area contributed by atoms with Gasteiger partial charge in [-0.05, 0) is 23.8 Å². The molecule has 5 nitrogen and oxygen atoms in total. The molecule has 1 aliphatic heterocycles. The van der Waals surface area contributed by atoms with Crippen LogP contribution in [-0.4, -0.2) is 29.3 Å². The van der Waals surface area contributed by atoms with Crippen LogP contribution in [-0.2, 0) is 12.8 Å². The van der Waals surface area contributed by atoms with Gasteiger partial charge in [-0.1, -0.05) is 21.1 Å². The molecule has 0 bridgehead atoms. The Morgan fingerprint density at radius 2 is 2.37 bits per heavy atom. The van der Waals surface area contributed by atoms with Crippen LogP contribution in [0.3, 0.4) is 0 Å². The van der Waals surface area contributed by atoms with E-state index in [0.717, 1.165) is 36.2 Å². The van der Waals surface area contributed by atoms with Gasteiger partial charge in [-0.15, -0.1) is 0 Å². The van der Waals surface area contributed by atoms with Crippen molar-refractivity contribution in [2.24, 2.45) is 0 Å².